The number of hydrogen-bond donors (Lipinski definition) is 2. The van der Waals surface area contributed by atoms with Crippen molar-refractivity contribution in [2.75, 3.05) is 19.6 Å². The summed E-state index contributed by atoms with van der Waals surface area (Å²) in [6.45, 7) is 5.92. The molecule has 2 aliphatic heterocycles. The summed E-state index contributed by atoms with van der Waals surface area (Å²) in [7, 11) is 0. The second kappa shape index (κ2) is 5.33. The number of aliphatic hydroxyl groups excluding tert-OH is 1. The summed E-state index contributed by atoms with van der Waals surface area (Å²) in [6.07, 6.45) is 1.32. The van der Waals surface area contributed by atoms with E-state index in [1.807, 2.05) is 11.8 Å². The Labute approximate surface area is 102 Å². The maximum Gasteiger partial charge on any atom is 0.239 e. The van der Waals surface area contributed by atoms with Crippen molar-refractivity contribution in [1.82, 2.24) is 10.2 Å². The van der Waals surface area contributed by atoms with Gasteiger partial charge in [-0.3, -0.25) is 4.79 Å². The van der Waals surface area contributed by atoms with Crippen LogP contribution in [0.1, 0.15) is 26.7 Å². The van der Waals surface area contributed by atoms with Crippen LogP contribution in [0.2, 0.25) is 0 Å². The summed E-state index contributed by atoms with van der Waals surface area (Å²) < 4.78 is 5.74. The molecule has 5 heteroatoms. The number of nitrogens with one attached hydrogen (secondary N) is 1. The number of amides is 1. The van der Waals surface area contributed by atoms with E-state index in [-0.39, 0.29) is 30.3 Å². The van der Waals surface area contributed by atoms with Crippen molar-refractivity contribution in [1.29, 1.82) is 0 Å². The molecule has 0 aromatic rings. The third-order valence-electron chi connectivity index (χ3n) is 3.50. The van der Waals surface area contributed by atoms with Crippen molar-refractivity contribution >= 4 is 5.91 Å². The smallest absolute Gasteiger partial charge is 0.239 e. The Hall–Kier alpha value is -0.650. The number of nitrogens with zero attached hydrogens (tertiary/aromatic N) is 1. The van der Waals surface area contributed by atoms with Crippen LogP contribution in [0.15, 0.2) is 0 Å². The van der Waals surface area contributed by atoms with Gasteiger partial charge in [-0.15, -0.1) is 0 Å². The average molecular weight is 242 g/mol. The highest BCUT2D eigenvalue weighted by Crippen LogP contribution is 2.17. The molecule has 0 bridgehead atoms. The van der Waals surface area contributed by atoms with Gasteiger partial charge in [-0.25, -0.2) is 0 Å². The number of hydrogen-bond acceptors (Lipinski definition) is 4. The number of aliphatic hydroxyl groups is 1. The highest BCUT2D eigenvalue weighted by molar-refractivity contribution is 5.82. The molecule has 2 heterocycles. The number of ether oxygens (including phenoxy) is 1. The molecule has 1 amide bonds. The van der Waals surface area contributed by atoms with Crippen LogP contribution in [0.25, 0.3) is 0 Å². The largest absolute Gasteiger partial charge is 0.392 e. The molecule has 0 saturated carbocycles. The van der Waals surface area contributed by atoms with Crippen LogP contribution in [-0.4, -0.2) is 59.9 Å². The molecule has 17 heavy (non-hydrogen) atoms. The van der Waals surface area contributed by atoms with Gasteiger partial charge in [0.25, 0.3) is 0 Å². The normalized spacial score (nSPS) is 38.4. The fraction of sp³-hybridized carbons (Fsp3) is 0.917. The molecule has 98 valence electrons. The van der Waals surface area contributed by atoms with E-state index in [1.54, 1.807) is 0 Å². The highest BCUT2D eigenvalue weighted by atomic mass is 16.5. The molecule has 2 saturated heterocycles. The van der Waals surface area contributed by atoms with Gasteiger partial charge in [0, 0.05) is 19.6 Å². The van der Waals surface area contributed by atoms with E-state index in [9.17, 15) is 9.90 Å². The van der Waals surface area contributed by atoms with Gasteiger partial charge in [-0.05, 0) is 19.8 Å². The van der Waals surface area contributed by atoms with Crippen LogP contribution in [0.4, 0.5) is 0 Å². The van der Waals surface area contributed by atoms with Crippen LogP contribution in [0, 0.1) is 0 Å². The van der Waals surface area contributed by atoms with E-state index in [4.69, 9.17) is 4.74 Å². The minimum absolute atomic E-state index is 0.101. The Bertz CT molecular complexity index is 285. The van der Waals surface area contributed by atoms with E-state index in [0.717, 1.165) is 6.42 Å². The molecule has 0 aromatic heterocycles. The second-order valence-electron chi connectivity index (χ2n) is 5.07. The first-order valence-electron chi connectivity index (χ1n) is 6.45. The molecular weight excluding hydrogens is 220 g/mol. The third kappa shape index (κ3) is 2.97. The van der Waals surface area contributed by atoms with Crippen molar-refractivity contribution < 1.29 is 14.6 Å². The highest BCUT2D eigenvalue weighted by Gasteiger charge is 2.34. The average Bonchev–Trinajstić information content (AvgIpc) is 2.74. The van der Waals surface area contributed by atoms with Gasteiger partial charge in [-0.1, -0.05) is 6.92 Å². The Kier molecular flexibility index (Phi) is 4.01. The Balaban J connectivity index is 1.94. The van der Waals surface area contributed by atoms with Crippen molar-refractivity contribution in [3.05, 3.63) is 0 Å². The summed E-state index contributed by atoms with van der Waals surface area (Å²) in [4.78, 5) is 14.1. The molecule has 5 nitrogen and oxygen atoms in total. The first-order chi connectivity index (χ1) is 8.10. The minimum Gasteiger partial charge on any atom is -0.392 e. The fourth-order valence-corrected chi connectivity index (χ4v) is 2.58. The lowest BCUT2D eigenvalue weighted by Gasteiger charge is -2.37. The molecule has 2 N–H and O–H groups in total. The second-order valence-corrected chi connectivity index (χ2v) is 5.07. The quantitative estimate of drug-likeness (QED) is 0.700. The van der Waals surface area contributed by atoms with Gasteiger partial charge in [0.05, 0.1) is 24.4 Å². The minimum atomic E-state index is -0.385. The molecule has 4 unspecified atom stereocenters. The molecule has 2 rings (SSSR count). The Morgan fingerprint density at radius 1 is 1.53 bits per heavy atom. The van der Waals surface area contributed by atoms with Crippen LogP contribution in [-0.2, 0) is 9.53 Å². The van der Waals surface area contributed by atoms with Gasteiger partial charge in [0.1, 0.15) is 0 Å². The first kappa shape index (κ1) is 12.8. The molecule has 2 aliphatic rings. The first-order valence-corrected chi connectivity index (χ1v) is 6.45. The van der Waals surface area contributed by atoms with Crippen LogP contribution >= 0.6 is 0 Å². The number of rotatable bonds is 2. The molecule has 2 fully saturated rings. The number of carbonyl (C=O) groups is 1. The number of carbonyl (C=O) groups excluding carboxylic acids is 1. The molecule has 0 aliphatic carbocycles. The maximum absolute atomic E-state index is 12.2. The van der Waals surface area contributed by atoms with Gasteiger partial charge in [0.2, 0.25) is 5.91 Å². The lowest BCUT2D eigenvalue weighted by atomic mass is 10.1. The van der Waals surface area contributed by atoms with E-state index in [1.165, 1.54) is 0 Å². The molecular formula is C12H22N2O3. The lowest BCUT2D eigenvalue weighted by Crippen LogP contribution is -2.53. The zero-order valence-corrected chi connectivity index (χ0v) is 10.6. The lowest BCUT2D eigenvalue weighted by molar-refractivity contribution is -0.146. The zero-order chi connectivity index (χ0) is 12.4. The summed E-state index contributed by atoms with van der Waals surface area (Å²) in [6, 6.07) is -0.215. The van der Waals surface area contributed by atoms with Gasteiger partial charge in [-0.2, -0.15) is 0 Å². The van der Waals surface area contributed by atoms with Gasteiger partial charge < -0.3 is 20.1 Å². The predicted octanol–water partition coefficient (Wildman–Crippen LogP) is -0.265. The topological polar surface area (TPSA) is 61.8 Å². The molecule has 4 atom stereocenters. The fourth-order valence-electron chi connectivity index (χ4n) is 2.58. The standard InChI is InChI=1S/C12H22N2O3/c1-3-10-7-14(6-8(2)17-10)12(16)11-4-9(15)5-13-11/h8-11,13,15H,3-7H2,1-2H3. The van der Waals surface area contributed by atoms with Crippen molar-refractivity contribution in [2.24, 2.45) is 0 Å². The number of morpholine rings is 1. The molecule has 0 aromatic carbocycles. The van der Waals surface area contributed by atoms with Crippen LogP contribution < -0.4 is 5.32 Å². The Morgan fingerprint density at radius 3 is 2.88 bits per heavy atom. The predicted molar refractivity (Wildman–Crippen MR) is 63.6 cm³/mol. The van der Waals surface area contributed by atoms with Gasteiger partial charge >= 0.3 is 0 Å². The zero-order valence-electron chi connectivity index (χ0n) is 10.6. The third-order valence-corrected chi connectivity index (χ3v) is 3.50. The van der Waals surface area contributed by atoms with E-state index in [2.05, 4.69) is 12.2 Å². The van der Waals surface area contributed by atoms with Crippen molar-refractivity contribution in [3.8, 4) is 0 Å². The van der Waals surface area contributed by atoms with Crippen LogP contribution in [0.3, 0.4) is 0 Å². The van der Waals surface area contributed by atoms with Gasteiger partial charge in [0.15, 0.2) is 0 Å². The summed E-state index contributed by atoms with van der Waals surface area (Å²) in [5, 5.41) is 12.5. The summed E-state index contributed by atoms with van der Waals surface area (Å²) in [5.74, 6) is 0.107. The Morgan fingerprint density at radius 2 is 2.29 bits per heavy atom. The van der Waals surface area contributed by atoms with E-state index in [0.29, 0.717) is 26.1 Å². The maximum atomic E-state index is 12.2. The molecule has 0 radical (unpaired) electrons. The summed E-state index contributed by atoms with van der Waals surface area (Å²) in [5.41, 5.74) is 0. The van der Waals surface area contributed by atoms with Crippen molar-refractivity contribution in [2.45, 2.75) is 51.0 Å². The van der Waals surface area contributed by atoms with E-state index >= 15 is 0 Å². The number of β-amino-alcohol motifs (C(OH)–C–C–N with tert-alkyl or cyclic N) is 1. The van der Waals surface area contributed by atoms with Crippen LogP contribution in [0.5, 0.6) is 0 Å². The SMILES string of the molecule is CCC1CN(C(=O)C2CC(O)CN2)CC(C)O1. The monoisotopic (exact) mass is 242 g/mol. The van der Waals surface area contributed by atoms with Crippen molar-refractivity contribution in [3.63, 3.8) is 0 Å². The molecule has 0 spiro atoms. The van der Waals surface area contributed by atoms with E-state index < -0.39 is 0 Å². The summed E-state index contributed by atoms with van der Waals surface area (Å²) >= 11 is 0.